The quantitative estimate of drug-likeness (QED) is 0.513. The molecule has 30 heavy (non-hydrogen) atoms. The maximum absolute atomic E-state index is 13.0. The van der Waals surface area contributed by atoms with Gasteiger partial charge in [-0.05, 0) is 19.1 Å². The third-order valence-corrected chi connectivity index (χ3v) is 5.45. The molecule has 1 aliphatic heterocycles. The van der Waals surface area contributed by atoms with Gasteiger partial charge in [0.25, 0.3) is 11.6 Å². The summed E-state index contributed by atoms with van der Waals surface area (Å²) < 4.78 is 5.47. The fourth-order valence-electron chi connectivity index (χ4n) is 3.81. The predicted molar refractivity (Wildman–Crippen MR) is 112 cm³/mol. The van der Waals surface area contributed by atoms with Crippen molar-refractivity contribution < 1.29 is 14.5 Å². The molecule has 1 aliphatic rings. The number of aryl methyl sites for hydroxylation is 1. The number of carbonyl (C=O) groups is 1. The number of nitro groups is 1. The number of carbonyl (C=O) groups excluding carboxylic acids is 1. The lowest BCUT2D eigenvalue weighted by Gasteiger charge is -2.34. The SMILES string of the molecule is COc1ccc(C)cc1CN1CCN(C(=O)c2n[nH]c3ccc([N+](=O)[O-])cc23)CC1. The average Bonchev–Trinajstić information content (AvgIpc) is 3.17. The Balaban J connectivity index is 1.45. The number of piperazine rings is 1. The number of hydrogen-bond donors (Lipinski definition) is 1. The number of non-ortho nitro benzene ring substituents is 1. The van der Waals surface area contributed by atoms with Crippen molar-refractivity contribution in [3.63, 3.8) is 0 Å². The lowest BCUT2D eigenvalue weighted by molar-refractivity contribution is -0.384. The van der Waals surface area contributed by atoms with Crippen molar-refractivity contribution in [2.45, 2.75) is 13.5 Å². The Morgan fingerprint density at radius 1 is 1.20 bits per heavy atom. The molecule has 3 aromatic rings. The zero-order valence-corrected chi connectivity index (χ0v) is 16.9. The van der Waals surface area contributed by atoms with E-state index in [2.05, 4.69) is 28.1 Å². The molecule has 0 bridgehead atoms. The summed E-state index contributed by atoms with van der Waals surface area (Å²) in [5, 5.41) is 18.5. The number of aromatic amines is 1. The summed E-state index contributed by atoms with van der Waals surface area (Å²) in [5.74, 6) is 0.651. The molecule has 1 fully saturated rings. The van der Waals surface area contributed by atoms with Crippen LogP contribution in [-0.2, 0) is 6.54 Å². The van der Waals surface area contributed by atoms with Crippen molar-refractivity contribution in [2.75, 3.05) is 33.3 Å². The second-order valence-electron chi connectivity index (χ2n) is 7.44. The van der Waals surface area contributed by atoms with E-state index >= 15 is 0 Å². The molecule has 0 spiro atoms. The topological polar surface area (TPSA) is 105 Å². The van der Waals surface area contributed by atoms with Crippen LogP contribution in [0.25, 0.3) is 10.9 Å². The first-order chi connectivity index (χ1) is 14.5. The monoisotopic (exact) mass is 409 g/mol. The number of amides is 1. The summed E-state index contributed by atoms with van der Waals surface area (Å²) in [7, 11) is 1.67. The number of methoxy groups -OCH3 is 1. The Hall–Kier alpha value is -3.46. The first-order valence-electron chi connectivity index (χ1n) is 9.74. The number of nitrogens with one attached hydrogen (secondary N) is 1. The summed E-state index contributed by atoms with van der Waals surface area (Å²) in [6.07, 6.45) is 0. The lowest BCUT2D eigenvalue weighted by atomic mass is 10.1. The van der Waals surface area contributed by atoms with Crippen molar-refractivity contribution in [2.24, 2.45) is 0 Å². The first kappa shape index (κ1) is 19.8. The molecule has 9 heteroatoms. The van der Waals surface area contributed by atoms with E-state index in [0.29, 0.717) is 24.0 Å². The van der Waals surface area contributed by atoms with Gasteiger partial charge in [-0.1, -0.05) is 17.7 Å². The van der Waals surface area contributed by atoms with E-state index in [1.807, 2.05) is 12.1 Å². The fraction of sp³-hybridized carbons (Fsp3) is 0.333. The maximum atomic E-state index is 13.0. The molecule has 0 saturated carbocycles. The highest BCUT2D eigenvalue weighted by Gasteiger charge is 2.26. The predicted octanol–water partition coefficient (Wildman–Crippen LogP) is 2.75. The number of ether oxygens (including phenoxy) is 1. The maximum Gasteiger partial charge on any atom is 0.275 e. The van der Waals surface area contributed by atoms with Gasteiger partial charge in [-0.25, -0.2) is 0 Å². The van der Waals surface area contributed by atoms with Crippen molar-refractivity contribution in [3.8, 4) is 5.75 Å². The van der Waals surface area contributed by atoms with Gasteiger partial charge >= 0.3 is 0 Å². The van der Waals surface area contributed by atoms with E-state index in [1.54, 1.807) is 18.1 Å². The smallest absolute Gasteiger partial charge is 0.275 e. The van der Waals surface area contributed by atoms with Crippen molar-refractivity contribution in [1.82, 2.24) is 20.0 Å². The summed E-state index contributed by atoms with van der Waals surface area (Å²) >= 11 is 0. The van der Waals surface area contributed by atoms with E-state index in [-0.39, 0.29) is 17.3 Å². The number of aromatic nitrogens is 2. The Kier molecular flexibility index (Phi) is 5.37. The largest absolute Gasteiger partial charge is 0.496 e. The standard InChI is InChI=1S/C21H23N5O4/c1-14-3-6-19(30-2)15(11-14)13-24-7-9-25(10-8-24)21(27)20-17-12-16(26(28)29)4-5-18(17)22-23-20/h3-6,11-12H,7-10,13H2,1-2H3,(H,22,23). The number of nitrogens with zero attached hydrogens (tertiary/aromatic N) is 4. The number of nitro benzene ring substituents is 1. The molecule has 156 valence electrons. The van der Waals surface area contributed by atoms with Crippen LogP contribution in [0.15, 0.2) is 36.4 Å². The third kappa shape index (κ3) is 3.84. The number of benzene rings is 2. The highest BCUT2D eigenvalue weighted by molar-refractivity contribution is 6.05. The van der Waals surface area contributed by atoms with Crippen LogP contribution in [0, 0.1) is 17.0 Å². The molecule has 1 aromatic heterocycles. The molecule has 0 radical (unpaired) electrons. The molecular formula is C21H23N5O4. The van der Waals surface area contributed by atoms with E-state index < -0.39 is 4.92 Å². The van der Waals surface area contributed by atoms with Gasteiger partial charge in [0.05, 0.1) is 17.5 Å². The second-order valence-corrected chi connectivity index (χ2v) is 7.44. The van der Waals surface area contributed by atoms with Gasteiger partial charge in [0.2, 0.25) is 0 Å². The Morgan fingerprint density at radius 3 is 2.67 bits per heavy atom. The Labute approximate surface area is 173 Å². The highest BCUT2D eigenvalue weighted by atomic mass is 16.6. The number of fused-ring (bicyclic) bond motifs is 1. The summed E-state index contributed by atoms with van der Waals surface area (Å²) in [5.41, 5.74) is 3.08. The van der Waals surface area contributed by atoms with E-state index in [0.717, 1.165) is 30.9 Å². The molecule has 1 N–H and O–H groups in total. The molecule has 9 nitrogen and oxygen atoms in total. The molecule has 0 atom stereocenters. The summed E-state index contributed by atoms with van der Waals surface area (Å²) in [6.45, 7) is 5.39. The zero-order chi connectivity index (χ0) is 21.3. The van der Waals surface area contributed by atoms with Gasteiger partial charge in [0, 0.05) is 55.8 Å². The van der Waals surface area contributed by atoms with Gasteiger partial charge in [-0.3, -0.25) is 24.9 Å². The fourth-order valence-corrected chi connectivity index (χ4v) is 3.81. The molecule has 1 amide bonds. The van der Waals surface area contributed by atoms with Crippen molar-refractivity contribution in [1.29, 1.82) is 0 Å². The van der Waals surface area contributed by atoms with Gasteiger partial charge < -0.3 is 9.64 Å². The van der Waals surface area contributed by atoms with Crippen LogP contribution in [-0.4, -0.2) is 64.1 Å². The van der Waals surface area contributed by atoms with Gasteiger partial charge in [-0.2, -0.15) is 5.10 Å². The Bertz CT molecular complexity index is 1100. The van der Waals surface area contributed by atoms with Crippen LogP contribution in [0.1, 0.15) is 21.6 Å². The molecule has 4 rings (SSSR count). The van der Waals surface area contributed by atoms with Crippen LogP contribution < -0.4 is 4.74 Å². The molecule has 0 aliphatic carbocycles. The number of hydrogen-bond acceptors (Lipinski definition) is 6. The Morgan fingerprint density at radius 2 is 1.97 bits per heavy atom. The van der Waals surface area contributed by atoms with E-state index in [1.165, 1.54) is 17.7 Å². The lowest BCUT2D eigenvalue weighted by Crippen LogP contribution is -2.48. The molecule has 1 saturated heterocycles. The molecular weight excluding hydrogens is 386 g/mol. The van der Waals surface area contributed by atoms with Crippen molar-refractivity contribution in [3.05, 3.63) is 63.3 Å². The van der Waals surface area contributed by atoms with Gasteiger partial charge in [-0.15, -0.1) is 0 Å². The first-order valence-corrected chi connectivity index (χ1v) is 9.74. The van der Waals surface area contributed by atoms with Crippen molar-refractivity contribution >= 4 is 22.5 Å². The van der Waals surface area contributed by atoms with Gasteiger partial charge in [0.1, 0.15) is 5.75 Å². The zero-order valence-electron chi connectivity index (χ0n) is 16.9. The minimum absolute atomic E-state index is 0.0603. The summed E-state index contributed by atoms with van der Waals surface area (Å²) in [4.78, 5) is 27.6. The molecule has 2 aromatic carbocycles. The number of H-pyrrole nitrogens is 1. The minimum atomic E-state index is -0.473. The van der Waals surface area contributed by atoms with Crippen LogP contribution in [0.3, 0.4) is 0 Å². The third-order valence-electron chi connectivity index (χ3n) is 5.45. The molecule has 0 unspecified atom stereocenters. The van der Waals surface area contributed by atoms with Crippen LogP contribution in [0.2, 0.25) is 0 Å². The van der Waals surface area contributed by atoms with Crippen LogP contribution in [0.5, 0.6) is 5.75 Å². The van der Waals surface area contributed by atoms with Crippen LogP contribution in [0.4, 0.5) is 5.69 Å². The van der Waals surface area contributed by atoms with Crippen LogP contribution >= 0.6 is 0 Å². The van der Waals surface area contributed by atoms with E-state index in [9.17, 15) is 14.9 Å². The molecule has 2 heterocycles. The highest BCUT2D eigenvalue weighted by Crippen LogP contribution is 2.25. The average molecular weight is 409 g/mol. The normalized spacial score (nSPS) is 14.8. The van der Waals surface area contributed by atoms with Gasteiger partial charge in [0.15, 0.2) is 5.69 Å². The number of rotatable bonds is 5. The second kappa shape index (κ2) is 8.11. The summed E-state index contributed by atoms with van der Waals surface area (Å²) in [6, 6.07) is 10.5. The van der Waals surface area contributed by atoms with E-state index in [4.69, 9.17) is 4.74 Å². The minimum Gasteiger partial charge on any atom is -0.496 e.